The molecule has 3 aromatic carbocycles. The second kappa shape index (κ2) is 7.68. The van der Waals surface area contributed by atoms with Crippen LogP contribution in [0.25, 0.3) is 10.8 Å². The van der Waals surface area contributed by atoms with Gasteiger partial charge in [-0.25, -0.2) is 0 Å². The third-order valence-corrected chi connectivity index (χ3v) is 5.30. The maximum atomic E-state index is 12.7. The van der Waals surface area contributed by atoms with Crippen LogP contribution in [0, 0.1) is 16.0 Å². The van der Waals surface area contributed by atoms with Gasteiger partial charge in [0.05, 0.1) is 4.92 Å². The number of benzene rings is 3. The lowest BCUT2D eigenvalue weighted by molar-refractivity contribution is -0.384. The molecule has 28 heavy (non-hydrogen) atoms. The third kappa shape index (κ3) is 3.67. The minimum atomic E-state index is -0.353. The lowest BCUT2D eigenvalue weighted by Gasteiger charge is -2.32. The SMILES string of the molecule is O=C(Nc1ccc2ccccc2c1)C1CCN(c2ccccc2[N+](=O)[O-])CC1. The van der Waals surface area contributed by atoms with Gasteiger partial charge in [0, 0.05) is 30.8 Å². The highest BCUT2D eigenvalue weighted by molar-refractivity contribution is 5.95. The first kappa shape index (κ1) is 18.0. The number of para-hydroxylation sites is 2. The molecule has 1 heterocycles. The van der Waals surface area contributed by atoms with Crippen molar-refractivity contribution in [3.8, 4) is 0 Å². The van der Waals surface area contributed by atoms with E-state index >= 15 is 0 Å². The molecule has 6 heteroatoms. The number of rotatable bonds is 4. The number of hydrogen-bond donors (Lipinski definition) is 1. The second-order valence-corrected chi connectivity index (χ2v) is 7.06. The van der Waals surface area contributed by atoms with Crippen LogP contribution < -0.4 is 10.2 Å². The Labute approximate surface area is 162 Å². The fraction of sp³-hybridized carbons (Fsp3) is 0.227. The van der Waals surface area contributed by atoms with Crippen molar-refractivity contribution in [2.45, 2.75) is 12.8 Å². The molecular weight excluding hydrogens is 354 g/mol. The lowest BCUT2D eigenvalue weighted by atomic mass is 9.95. The van der Waals surface area contributed by atoms with Crippen LogP contribution in [0.2, 0.25) is 0 Å². The zero-order valence-electron chi connectivity index (χ0n) is 15.4. The summed E-state index contributed by atoms with van der Waals surface area (Å²) in [5.41, 5.74) is 1.53. The quantitative estimate of drug-likeness (QED) is 0.534. The van der Waals surface area contributed by atoms with Gasteiger partial charge in [0.2, 0.25) is 5.91 Å². The molecule has 1 saturated heterocycles. The topological polar surface area (TPSA) is 75.5 Å². The number of anilines is 2. The Bertz CT molecular complexity index is 1030. The summed E-state index contributed by atoms with van der Waals surface area (Å²) < 4.78 is 0. The van der Waals surface area contributed by atoms with Gasteiger partial charge < -0.3 is 10.2 Å². The highest BCUT2D eigenvalue weighted by atomic mass is 16.6. The standard InChI is InChI=1S/C22H21N3O3/c26-22(23-19-10-9-16-5-1-2-6-18(16)15-19)17-11-13-24(14-12-17)20-7-3-4-8-21(20)25(27)28/h1-10,15,17H,11-14H2,(H,23,26). The van der Waals surface area contributed by atoms with E-state index in [2.05, 4.69) is 5.32 Å². The fourth-order valence-corrected chi connectivity index (χ4v) is 3.78. The van der Waals surface area contributed by atoms with Gasteiger partial charge in [-0.1, -0.05) is 42.5 Å². The Morgan fingerprint density at radius 1 is 0.964 bits per heavy atom. The minimum absolute atomic E-state index is 0.0116. The molecule has 1 N–H and O–H groups in total. The van der Waals surface area contributed by atoms with Gasteiger partial charge in [-0.05, 0) is 41.8 Å². The van der Waals surface area contributed by atoms with E-state index in [-0.39, 0.29) is 22.4 Å². The van der Waals surface area contributed by atoms with Gasteiger partial charge in [-0.15, -0.1) is 0 Å². The molecule has 0 aliphatic carbocycles. The molecule has 0 unspecified atom stereocenters. The van der Waals surface area contributed by atoms with Gasteiger partial charge in [0.15, 0.2) is 0 Å². The van der Waals surface area contributed by atoms with Crippen LogP contribution in [0.3, 0.4) is 0 Å². The minimum Gasteiger partial charge on any atom is -0.366 e. The first-order valence-corrected chi connectivity index (χ1v) is 9.40. The number of amides is 1. The summed E-state index contributed by atoms with van der Waals surface area (Å²) in [6, 6.07) is 20.7. The molecule has 1 fully saturated rings. The molecule has 142 valence electrons. The van der Waals surface area contributed by atoms with Crippen molar-refractivity contribution in [3.05, 3.63) is 76.8 Å². The molecule has 0 atom stereocenters. The molecule has 1 aliphatic heterocycles. The van der Waals surface area contributed by atoms with Crippen LogP contribution in [0.15, 0.2) is 66.7 Å². The summed E-state index contributed by atoms with van der Waals surface area (Å²) in [7, 11) is 0. The van der Waals surface area contributed by atoms with Gasteiger partial charge in [-0.2, -0.15) is 0 Å². The molecule has 0 radical (unpaired) electrons. The molecule has 0 bridgehead atoms. The van der Waals surface area contributed by atoms with Gasteiger partial charge in [0.25, 0.3) is 5.69 Å². The van der Waals surface area contributed by atoms with Crippen LogP contribution in [0.1, 0.15) is 12.8 Å². The maximum absolute atomic E-state index is 12.7. The van der Waals surface area contributed by atoms with Crippen molar-refractivity contribution in [2.24, 2.45) is 5.92 Å². The van der Waals surface area contributed by atoms with Crippen LogP contribution in [0.4, 0.5) is 17.1 Å². The second-order valence-electron chi connectivity index (χ2n) is 7.06. The molecule has 4 rings (SSSR count). The molecule has 0 saturated carbocycles. The smallest absolute Gasteiger partial charge is 0.292 e. The number of nitro groups is 1. The number of piperidine rings is 1. The molecule has 0 aromatic heterocycles. The summed E-state index contributed by atoms with van der Waals surface area (Å²) in [5.74, 6) is -0.0806. The number of nitrogens with one attached hydrogen (secondary N) is 1. The van der Waals surface area contributed by atoms with E-state index in [1.807, 2.05) is 47.4 Å². The zero-order chi connectivity index (χ0) is 19.5. The van der Waals surface area contributed by atoms with E-state index in [1.165, 1.54) is 6.07 Å². The van der Waals surface area contributed by atoms with Crippen molar-refractivity contribution in [2.75, 3.05) is 23.3 Å². The van der Waals surface area contributed by atoms with Crippen LogP contribution in [-0.4, -0.2) is 23.9 Å². The number of carbonyl (C=O) groups is 1. The van der Waals surface area contributed by atoms with Crippen LogP contribution >= 0.6 is 0 Å². The van der Waals surface area contributed by atoms with E-state index in [9.17, 15) is 14.9 Å². The number of nitrogens with zero attached hydrogens (tertiary/aromatic N) is 2. The highest BCUT2D eigenvalue weighted by Gasteiger charge is 2.28. The first-order chi connectivity index (χ1) is 13.6. The third-order valence-electron chi connectivity index (χ3n) is 5.30. The summed E-state index contributed by atoms with van der Waals surface area (Å²) in [6.07, 6.45) is 1.34. The average Bonchev–Trinajstić information content (AvgIpc) is 2.73. The number of carbonyl (C=O) groups excluding carboxylic acids is 1. The average molecular weight is 375 g/mol. The Morgan fingerprint density at radius 3 is 2.39 bits per heavy atom. The molecule has 1 amide bonds. The molecular formula is C22H21N3O3. The number of hydrogen-bond acceptors (Lipinski definition) is 4. The van der Waals surface area contributed by atoms with Crippen molar-refractivity contribution in [1.29, 1.82) is 0 Å². The monoisotopic (exact) mass is 375 g/mol. The van der Waals surface area contributed by atoms with E-state index in [0.29, 0.717) is 31.6 Å². The number of fused-ring (bicyclic) bond motifs is 1. The summed E-state index contributed by atoms with van der Waals surface area (Å²) in [4.78, 5) is 25.6. The molecule has 6 nitrogen and oxygen atoms in total. The number of nitro benzene ring substituents is 1. The largest absolute Gasteiger partial charge is 0.366 e. The lowest BCUT2D eigenvalue weighted by Crippen LogP contribution is -2.38. The van der Waals surface area contributed by atoms with Gasteiger partial charge >= 0.3 is 0 Å². The summed E-state index contributed by atoms with van der Waals surface area (Å²) in [5, 5.41) is 16.5. The van der Waals surface area contributed by atoms with Gasteiger partial charge in [0.1, 0.15) is 5.69 Å². The van der Waals surface area contributed by atoms with Gasteiger partial charge in [-0.3, -0.25) is 14.9 Å². The fourth-order valence-electron chi connectivity index (χ4n) is 3.78. The van der Waals surface area contributed by atoms with E-state index in [0.717, 1.165) is 16.5 Å². The zero-order valence-corrected chi connectivity index (χ0v) is 15.4. The van der Waals surface area contributed by atoms with Crippen molar-refractivity contribution in [1.82, 2.24) is 0 Å². The summed E-state index contributed by atoms with van der Waals surface area (Å²) in [6.45, 7) is 1.25. The molecule has 1 aliphatic rings. The predicted octanol–water partition coefficient (Wildman–Crippen LogP) is 4.60. The predicted molar refractivity (Wildman–Crippen MR) is 111 cm³/mol. The van der Waals surface area contributed by atoms with Crippen LogP contribution in [-0.2, 0) is 4.79 Å². The van der Waals surface area contributed by atoms with Crippen LogP contribution in [0.5, 0.6) is 0 Å². The van der Waals surface area contributed by atoms with E-state index < -0.39 is 0 Å². The Morgan fingerprint density at radius 2 is 1.64 bits per heavy atom. The maximum Gasteiger partial charge on any atom is 0.292 e. The first-order valence-electron chi connectivity index (χ1n) is 9.40. The molecule has 0 spiro atoms. The van der Waals surface area contributed by atoms with Crippen molar-refractivity contribution in [3.63, 3.8) is 0 Å². The van der Waals surface area contributed by atoms with Crippen molar-refractivity contribution >= 4 is 33.7 Å². The van der Waals surface area contributed by atoms with E-state index in [4.69, 9.17) is 0 Å². The van der Waals surface area contributed by atoms with Crippen molar-refractivity contribution < 1.29 is 9.72 Å². The Balaban J connectivity index is 1.40. The normalized spacial score (nSPS) is 14.8. The Hall–Kier alpha value is -3.41. The summed E-state index contributed by atoms with van der Waals surface area (Å²) >= 11 is 0. The highest BCUT2D eigenvalue weighted by Crippen LogP contribution is 2.31. The Kier molecular flexibility index (Phi) is 4.93. The van der Waals surface area contributed by atoms with E-state index in [1.54, 1.807) is 18.2 Å². The molecule has 3 aromatic rings.